The van der Waals surface area contributed by atoms with Crippen LogP contribution >= 0.6 is 0 Å². The van der Waals surface area contributed by atoms with Crippen molar-refractivity contribution in [2.45, 2.75) is 13.0 Å². The lowest BCUT2D eigenvalue weighted by Crippen LogP contribution is -2.33. The van der Waals surface area contributed by atoms with E-state index in [-0.39, 0.29) is 0 Å². The van der Waals surface area contributed by atoms with Crippen LogP contribution in [0, 0.1) is 0 Å². The maximum atomic E-state index is 5.38. The van der Waals surface area contributed by atoms with Crippen LogP contribution in [0.25, 0.3) is 10.8 Å². The molecular formula is C19H20NO2+. The van der Waals surface area contributed by atoms with Gasteiger partial charge >= 0.3 is 0 Å². The molecule has 3 nitrogen and oxygen atoms in total. The predicted molar refractivity (Wildman–Crippen MR) is 87.4 cm³/mol. The zero-order chi connectivity index (χ0) is 15.4. The van der Waals surface area contributed by atoms with Crippen molar-refractivity contribution in [1.82, 2.24) is 0 Å². The summed E-state index contributed by atoms with van der Waals surface area (Å²) in [7, 11) is 3.32. The quantitative estimate of drug-likeness (QED) is 0.673. The Kier molecular flexibility index (Phi) is 4.24. The lowest BCUT2D eigenvalue weighted by molar-refractivity contribution is -0.695. The third-order valence-electron chi connectivity index (χ3n) is 3.84. The molecule has 3 heteroatoms. The normalized spacial score (nSPS) is 10.6. The molecule has 112 valence electrons. The second-order valence-electron chi connectivity index (χ2n) is 5.25. The minimum Gasteiger partial charge on any atom is -0.493 e. The predicted octanol–water partition coefficient (Wildman–Crippen LogP) is 3.39. The van der Waals surface area contributed by atoms with Crippen LogP contribution in [0.1, 0.15) is 5.56 Å². The summed E-state index contributed by atoms with van der Waals surface area (Å²) >= 11 is 0. The summed E-state index contributed by atoms with van der Waals surface area (Å²) in [5.41, 5.74) is 1.35. The monoisotopic (exact) mass is 294 g/mol. The fraction of sp³-hybridized carbons (Fsp3) is 0.211. The van der Waals surface area contributed by atoms with Crippen molar-refractivity contribution in [3.05, 3.63) is 66.5 Å². The molecule has 1 heterocycles. The summed E-state index contributed by atoms with van der Waals surface area (Å²) in [4.78, 5) is 0. The number of rotatable bonds is 5. The van der Waals surface area contributed by atoms with Gasteiger partial charge in [-0.2, -0.15) is 0 Å². The van der Waals surface area contributed by atoms with E-state index in [4.69, 9.17) is 9.47 Å². The number of fused-ring (bicyclic) bond motifs is 1. The van der Waals surface area contributed by atoms with E-state index >= 15 is 0 Å². The molecule has 0 aliphatic carbocycles. The lowest BCUT2D eigenvalue weighted by Gasteiger charge is -2.08. The zero-order valence-corrected chi connectivity index (χ0v) is 13.0. The molecule has 0 saturated carbocycles. The van der Waals surface area contributed by atoms with Crippen LogP contribution in [0.3, 0.4) is 0 Å². The summed E-state index contributed by atoms with van der Waals surface area (Å²) in [5, 5.41) is 2.29. The van der Waals surface area contributed by atoms with E-state index in [0.717, 1.165) is 35.2 Å². The number of pyridine rings is 1. The second-order valence-corrected chi connectivity index (χ2v) is 5.25. The van der Waals surface area contributed by atoms with E-state index in [2.05, 4.69) is 47.3 Å². The standard InChI is InChI=1S/C19H20NO2/c1-21-18-12-16-9-11-20(14-17(16)13-19(18)22-2)10-8-15-6-4-3-5-7-15/h3-7,9,11-14H,8,10H2,1-2H3/q+1. The molecule has 0 aliphatic heterocycles. The highest BCUT2D eigenvalue weighted by molar-refractivity contribution is 5.84. The molecule has 0 saturated heterocycles. The Labute approximate surface area is 130 Å². The van der Waals surface area contributed by atoms with Gasteiger partial charge in [0.15, 0.2) is 30.4 Å². The molecule has 0 spiro atoms. The molecule has 3 rings (SSSR count). The van der Waals surface area contributed by atoms with Crippen molar-refractivity contribution < 1.29 is 14.0 Å². The summed E-state index contributed by atoms with van der Waals surface area (Å²) < 4.78 is 12.9. The van der Waals surface area contributed by atoms with Gasteiger partial charge in [-0.25, -0.2) is 4.57 Å². The molecule has 1 aromatic heterocycles. The van der Waals surface area contributed by atoms with Crippen molar-refractivity contribution in [2.24, 2.45) is 0 Å². The summed E-state index contributed by atoms with van der Waals surface area (Å²) in [6.07, 6.45) is 5.28. The molecule has 0 bridgehead atoms. The van der Waals surface area contributed by atoms with Gasteiger partial charge in [0.05, 0.1) is 14.2 Å². The largest absolute Gasteiger partial charge is 0.493 e. The van der Waals surface area contributed by atoms with Gasteiger partial charge in [0.1, 0.15) is 0 Å². The Balaban J connectivity index is 1.86. The third kappa shape index (κ3) is 3.03. The molecule has 0 amide bonds. The van der Waals surface area contributed by atoms with E-state index in [1.807, 2.05) is 18.2 Å². The Morgan fingerprint density at radius 1 is 0.864 bits per heavy atom. The number of nitrogens with zero attached hydrogens (tertiary/aromatic N) is 1. The first-order valence-corrected chi connectivity index (χ1v) is 7.39. The van der Waals surface area contributed by atoms with Gasteiger partial charge in [0.25, 0.3) is 0 Å². The second kappa shape index (κ2) is 6.48. The molecule has 2 aromatic carbocycles. The van der Waals surface area contributed by atoms with Crippen molar-refractivity contribution in [3.8, 4) is 11.5 Å². The lowest BCUT2D eigenvalue weighted by atomic mass is 10.1. The SMILES string of the molecule is COc1cc2cc[n+](CCc3ccccc3)cc2cc1OC. The average molecular weight is 294 g/mol. The van der Waals surface area contributed by atoms with Crippen molar-refractivity contribution in [1.29, 1.82) is 0 Å². The van der Waals surface area contributed by atoms with Gasteiger partial charge in [-0.3, -0.25) is 0 Å². The minimum absolute atomic E-state index is 0.760. The van der Waals surface area contributed by atoms with Crippen LogP contribution < -0.4 is 14.0 Å². The maximum Gasteiger partial charge on any atom is 0.176 e. The van der Waals surface area contributed by atoms with Gasteiger partial charge in [-0.05, 0) is 23.1 Å². The van der Waals surface area contributed by atoms with Crippen LogP contribution in [0.2, 0.25) is 0 Å². The molecule has 0 radical (unpaired) electrons. The number of hydrogen-bond donors (Lipinski definition) is 0. The summed E-state index contributed by atoms with van der Waals surface area (Å²) in [5.74, 6) is 1.52. The third-order valence-corrected chi connectivity index (χ3v) is 3.84. The first kappa shape index (κ1) is 14.4. The summed E-state index contributed by atoms with van der Waals surface area (Å²) in [6, 6.07) is 16.7. The number of methoxy groups -OCH3 is 2. The number of aromatic nitrogens is 1. The van der Waals surface area contributed by atoms with Crippen LogP contribution in [0.15, 0.2) is 60.9 Å². The maximum absolute atomic E-state index is 5.38. The van der Waals surface area contributed by atoms with Gasteiger partial charge < -0.3 is 9.47 Å². The number of ether oxygens (including phenoxy) is 2. The zero-order valence-electron chi connectivity index (χ0n) is 13.0. The van der Waals surface area contributed by atoms with Gasteiger partial charge in [0.2, 0.25) is 0 Å². The molecule has 22 heavy (non-hydrogen) atoms. The molecule has 0 atom stereocenters. The molecular weight excluding hydrogens is 274 g/mol. The van der Waals surface area contributed by atoms with Crippen molar-refractivity contribution in [2.75, 3.05) is 14.2 Å². The number of hydrogen-bond acceptors (Lipinski definition) is 2. The fourth-order valence-corrected chi connectivity index (χ4v) is 2.61. The Morgan fingerprint density at radius 2 is 1.55 bits per heavy atom. The summed E-state index contributed by atoms with van der Waals surface area (Å²) in [6.45, 7) is 0.953. The molecule has 0 N–H and O–H groups in total. The fourth-order valence-electron chi connectivity index (χ4n) is 2.61. The van der Waals surface area contributed by atoms with Crippen molar-refractivity contribution in [3.63, 3.8) is 0 Å². The highest BCUT2D eigenvalue weighted by Crippen LogP contribution is 2.31. The first-order chi connectivity index (χ1) is 10.8. The van der Waals surface area contributed by atoms with E-state index in [9.17, 15) is 0 Å². The van der Waals surface area contributed by atoms with Gasteiger partial charge in [-0.1, -0.05) is 30.3 Å². The Bertz CT molecular complexity index is 769. The van der Waals surface area contributed by atoms with Gasteiger partial charge in [-0.15, -0.1) is 0 Å². The number of benzene rings is 2. The van der Waals surface area contributed by atoms with E-state index in [1.54, 1.807) is 14.2 Å². The Hall–Kier alpha value is -2.55. The minimum atomic E-state index is 0.760. The van der Waals surface area contributed by atoms with Gasteiger partial charge in [0, 0.05) is 17.9 Å². The first-order valence-electron chi connectivity index (χ1n) is 7.39. The highest BCUT2D eigenvalue weighted by atomic mass is 16.5. The van der Waals surface area contributed by atoms with Crippen LogP contribution in [-0.2, 0) is 13.0 Å². The van der Waals surface area contributed by atoms with Crippen LogP contribution in [0.5, 0.6) is 11.5 Å². The van der Waals surface area contributed by atoms with E-state index < -0.39 is 0 Å². The molecule has 3 aromatic rings. The molecule has 0 unspecified atom stereocenters. The van der Waals surface area contributed by atoms with Crippen molar-refractivity contribution >= 4 is 10.8 Å². The van der Waals surface area contributed by atoms with E-state index in [1.165, 1.54) is 5.56 Å². The Morgan fingerprint density at radius 3 is 2.23 bits per heavy atom. The topological polar surface area (TPSA) is 22.3 Å². The average Bonchev–Trinajstić information content (AvgIpc) is 2.59. The van der Waals surface area contributed by atoms with E-state index in [0.29, 0.717) is 0 Å². The smallest absolute Gasteiger partial charge is 0.176 e. The molecule has 0 fully saturated rings. The van der Waals surface area contributed by atoms with Crippen LogP contribution in [0.4, 0.5) is 0 Å². The number of aryl methyl sites for hydroxylation is 2. The van der Waals surface area contributed by atoms with Crippen LogP contribution in [-0.4, -0.2) is 14.2 Å². The highest BCUT2D eigenvalue weighted by Gasteiger charge is 2.09. The molecule has 0 aliphatic rings.